The van der Waals surface area contributed by atoms with Gasteiger partial charge in [0.1, 0.15) is 11.5 Å². The minimum absolute atomic E-state index is 0.225. The predicted molar refractivity (Wildman–Crippen MR) is 94.7 cm³/mol. The van der Waals surface area contributed by atoms with E-state index in [1.54, 1.807) is 24.3 Å². The number of ether oxygens (including phenoxy) is 3. The van der Waals surface area contributed by atoms with Gasteiger partial charge in [0.25, 0.3) is 5.91 Å². The summed E-state index contributed by atoms with van der Waals surface area (Å²) in [6, 6.07) is 11.5. The summed E-state index contributed by atoms with van der Waals surface area (Å²) >= 11 is 0. The van der Waals surface area contributed by atoms with Gasteiger partial charge in [-0.3, -0.25) is 4.79 Å². The third-order valence-electron chi connectivity index (χ3n) is 3.22. The number of methoxy groups -OCH3 is 1. The van der Waals surface area contributed by atoms with Gasteiger partial charge in [-0.25, -0.2) is 4.79 Å². The number of carbonyl (C=O) groups excluding carboxylic acids is 2. The van der Waals surface area contributed by atoms with Crippen LogP contribution >= 0.6 is 0 Å². The molecule has 0 radical (unpaired) electrons. The highest BCUT2D eigenvalue weighted by Gasteiger charge is 2.30. The van der Waals surface area contributed by atoms with Crippen LogP contribution in [0.3, 0.4) is 0 Å². The lowest BCUT2D eigenvalue weighted by molar-refractivity contribution is -0.274. The molecular weight excluding hydrogens is 379 g/mol. The molecule has 0 aromatic heterocycles. The van der Waals surface area contributed by atoms with Crippen molar-refractivity contribution in [1.82, 2.24) is 0 Å². The van der Waals surface area contributed by atoms with E-state index in [-0.39, 0.29) is 5.69 Å². The van der Waals surface area contributed by atoms with Crippen molar-refractivity contribution >= 4 is 23.6 Å². The van der Waals surface area contributed by atoms with Gasteiger partial charge in [0.2, 0.25) is 0 Å². The fourth-order valence-electron chi connectivity index (χ4n) is 2.03. The van der Waals surface area contributed by atoms with Crippen molar-refractivity contribution in [2.24, 2.45) is 0 Å². The lowest BCUT2D eigenvalue weighted by Gasteiger charge is -2.10. The second kappa shape index (κ2) is 9.45. The molecule has 1 amide bonds. The molecular formula is C19H16F3NO5. The van der Waals surface area contributed by atoms with Gasteiger partial charge < -0.3 is 19.5 Å². The van der Waals surface area contributed by atoms with Gasteiger partial charge in [0.05, 0.1) is 7.11 Å². The Hall–Kier alpha value is -3.49. The Morgan fingerprint density at radius 2 is 1.79 bits per heavy atom. The van der Waals surface area contributed by atoms with Crippen LogP contribution in [0.15, 0.2) is 54.6 Å². The summed E-state index contributed by atoms with van der Waals surface area (Å²) in [6.45, 7) is -0.553. The largest absolute Gasteiger partial charge is 0.573 e. The SMILES string of the molecule is COc1cccc(/C=C/C(=O)OCC(=O)Nc2ccc(OC(F)(F)F)cc2)c1. The second-order valence-corrected chi connectivity index (χ2v) is 5.34. The van der Waals surface area contributed by atoms with Crippen LogP contribution < -0.4 is 14.8 Å². The van der Waals surface area contributed by atoms with Crippen LogP contribution in [0.2, 0.25) is 0 Å². The Balaban J connectivity index is 1.80. The molecule has 1 N–H and O–H groups in total. The third kappa shape index (κ3) is 7.40. The fourth-order valence-corrected chi connectivity index (χ4v) is 2.03. The molecule has 0 fully saturated rings. The molecule has 0 aliphatic carbocycles. The highest BCUT2D eigenvalue weighted by atomic mass is 19.4. The Labute approximate surface area is 158 Å². The number of anilines is 1. The number of halogens is 3. The molecule has 0 aliphatic rings. The van der Waals surface area contributed by atoms with Crippen LogP contribution in [0.4, 0.5) is 18.9 Å². The molecule has 0 unspecified atom stereocenters. The molecule has 0 saturated carbocycles. The number of hydrogen-bond donors (Lipinski definition) is 1. The first-order valence-electron chi connectivity index (χ1n) is 7.90. The zero-order chi connectivity index (χ0) is 20.6. The molecule has 6 nitrogen and oxygen atoms in total. The van der Waals surface area contributed by atoms with Crippen LogP contribution in [0.25, 0.3) is 6.08 Å². The number of carbonyl (C=O) groups is 2. The number of esters is 1. The van der Waals surface area contributed by atoms with Crippen LogP contribution in [-0.2, 0) is 14.3 Å². The van der Waals surface area contributed by atoms with E-state index in [9.17, 15) is 22.8 Å². The van der Waals surface area contributed by atoms with E-state index in [1.165, 1.54) is 25.3 Å². The first-order chi connectivity index (χ1) is 13.2. The van der Waals surface area contributed by atoms with E-state index in [2.05, 4.69) is 10.1 Å². The summed E-state index contributed by atoms with van der Waals surface area (Å²) in [7, 11) is 1.52. The van der Waals surface area contributed by atoms with Crippen molar-refractivity contribution in [2.45, 2.75) is 6.36 Å². The zero-order valence-electron chi connectivity index (χ0n) is 14.7. The molecule has 148 valence electrons. The van der Waals surface area contributed by atoms with Crippen molar-refractivity contribution < 1.29 is 37.0 Å². The minimum Gasteiger partial charge on any atom is -0.497 e. The van der Waals surface area contributed by atoms with Crippen LogP contribution in [-0.4, -0.2) is 32.0 Å². The molecule has 0 saturated heterocycles. The Kier molecular flexibility index (Phi) is 7.02. The van der Waals surface area contributed by atoms with Crippen LogP contribution in [0.1, 0.15) is 5.56 Å². The first kappa shape index (κ1) is 20.8. The number of benzene rings is 2. The van der Waals surface area contributed by atoms with Crippen molar-refractivity contribution in [1.29, 1.82) is 0 Å². The van der Waals surface area contributed by atoms with E-state index in [0.717, 1.165) is 18.2 Å². The summed E-state index contributed by atoms with van der Waals surface area (Å²) in [5, 5.41) is 2.38. The number of rotatable bonds is 7. The predicted octanol–water partition coefficient (Wildman–Crippen LogP) is 3.79. The Bertz CT molecular complexity index is 847. The van der Waals surface area contributed by atoms with E-state index in [4.69, 9.17) is 9.47 Å². The standard InChI is InChI=1S/C19H16F3NO5/c1-26-16-4-2-3-13(11-16)5-10-18(25)27-12-17(24)23-14-6-8-15(9-7-14)28-19(20,21)22/h2-11H,12H2,1H3,(H,23,24)/b10-5+. The summed E-state index contributed by atoms with van der Waals surface area (Å²) in [6.07, 6.45) is -2.13. The monoisotopic (exact) mass is 395 g/mol. The Morgan fingerprint density at radius 1 is 1.07 bits per heavy atom. The molecule has 0 bridgehead atoms. The van der Waals surface area contributed by atoms with Gasteiger partial charge >= 0.3 is 12.3 Å². The van der Waals surface area contributed by atoms with Gasteiger partial charge in [-0.1, -0.05) is 12.1 Å². The topological polar surface area (TPSA) is 73.9 Å². The minimum atomic E-state index is -4.79. The molecule has 0 heterocycles. The summed E-state index contributed by atoms with van der Waals surface area (Å²) in [4.78, 5) is 23.4. The first-order valence-corrected chi connectivity index (χ1v) is 7.90. The molecule has 0 spiro atoms. The average Bonchev–Trinajstić information content (AvgIpc) is 2.65. The maximum absolute atomic E-state index is 12.1. The highest BCUT2D eigenvalue weighted by Crippen LogP contribution is 2.23. The number of amides is 1. The van der Waals surface area contributed by atoms with Gasteiger partial charge in [0.15, 0.2) is 6.61 Å². The number of alkyl halides is 3. The summed E-state index contributed by atoms with van der Waals surface area (Å²) in [5.74, 6) is -1.17. The highest BCUT2D eigenvalue weighted by molar-refractivity contribution is 5.94. The van der Waals surface area contributed by atoms with E-state index >= 15 is 0 Å². The van der Waals surface area contributed by atoms with E-state index < -0.39 is 30.6 Å². The van der Waals surface area contributed by atoms with Crippen molar-refractivity contribution in [3.8, 4) is 11.5 Å². The smallest absolute Gasteiger partial charge is 0.497 e. The lowest BCUT2D eigenvalue weighted by atomic mass is 10.2. The zero-order valence-corrected chi connectivity index (χ0v) is 14.7. The molecule has 9 heteroatoms. The Morgan fingerprint density at radius 3 is 2.43 bits per heavy atom. The number of hydrogen-bond acceptors (Lipinski definition) is 5. The summed E-state index contributed by atoms with van der Waals surface area (Å²) in [5.41, 5.74) is 0.935. The van der Waals surface area contributed by atoms with E-state index in [1.807, 2.05) is 0 Å². The van der Waals surface area contributed by atoms with E-state index in [0.29, 0.717) is 11.3 Å². The molecule has 2 rings (SSSR count). The van der Waals surface area contributed by atoms with Gasteiger partial charge in [0, 0.05) is 11.8 Å². The second-order valence-electron chi connectivity index (χ2n) is 5.34. The lowest BCUT2D eigenvalue weighted by Crippen LogP contribution is -2.20. The quantitative estimate of drug-likeness (QED) is 0.570. The normalized spacial score (nSPS) is 11.1. The molecule has 0 aliphatic heterocycles. The van der Waals surface area contributed by atoms with Gasteiger partial charge in [-0.05, 0) is 48.0 Å². The molecule has 28 heavy (non-hydrogen) atoms. The van der Waals surface area contributed by atoms with Gasteiger partial charge in [-0.15, -0.1) is 13.2 Å². The molecule has 2 aromatic rings. The third-order valence-corrected chi connectivity index (χ3v) is 3.22. The van der Waals surface area contributed by atoms with Crippen molar-refractivity contribution in [3.05, 3.63) is 60.2 Å². The number of nitrogens with one attached hydrogen (secondary N) is 1. The summed E-state index contributed by atoms with van der Waals surface area (Å²) < 4.78 is 49.8. The average molecular weight is 395 g/mol. The molecule has 2 aromatic carbocycles. The van der Waals surface area contributed by atoms with Crippen molar-refractivity contribution in [3.63, 3.8) is 0 Å². The van der Waals surface area contributed by atoms with Gasteiger partial charge in [-0.2, -0.15) is 0 Å². The maximum Gasteiger partial charge on any atom is 0.573 e. The van der Waals surface area contributed by atoms with Crippen LogP contribution in [0.5, 0.6) is 11.5 Å². The molecule has 0 atom stereocenters. The van der Waals surface area contributed by atoms with Crippen molar-refractivity contribution in [2.75, 3.05) is 19.0 Å². The van der Waals surface area contributed by atoms with Crippen LogP contribution in [0, 0.1) is 0 Å². The maximum atomic E-state index is 12.1. The fraction of sp³-hybridized carbons (Fsp3) is 0.158.